The van der Waals surface area contributed by atoms with Crippen LogP contribution in [0.1, 0.15) is 19.4 Å². The van der Waals surface area contributed by atoms with Crippen LogP contribution in [0.4, 0.5) is 0 Å². The number of nitrogens with two attached hydrogens (primary N) is 1. The van der Waals surface area contributed by atoms with E-state index in [4.69, 9.17) is 5.73 Å². The lowest BCUT2D eigenvalue weighted by Crippen LogP contribution is -2.50. The van der Waals surface area contributed by atoms with E-state index in [2.05, 4.69) is 12.2 Å². The van der Waals surface area contributed by atoms with Gasteiger partial charge in [-0.05, 0) is 18.7 Å². The molecule has 0 aromatic heterocycles. The van der Waals surface area contributed by atoms with Gasteiger partial charge in [-0.15, -0.1) is 0 Å². The molecule has 94 valence electrons. The van der Waals surface area contributed by atoms with Gasteiger partial charge in [0.05, 0.1) is 0 Å². The second kappa shape index (κ2) is 6.07. The number of benzene rings is 1. The van der Waals surface area contributed by atoms with Crippen molar-refractivity contribution in [3.63, 3.8) is 0 Å². The fraction of sp³-hybridized carbons (Fsp3) is 0.462. The van der Waals surface area contributed by atoms with Crippen molar-refractivity contribution in [1.82, 2.24) is 5.32 Å². The minimum absolute atomic E-state index is 0.135. The molecule has 0 aliphatic heterocycles. The minimum atomic E-state index is -0.973. The number of hydrogen-bond acceptors (Lipinski definition) is 3. The molecule has 0 fully saturated rings. The van der Waals surface area contributed by atoms with Crippen LogP contribution in [0.5, 0.6) is 0 Å². The van der Waals surface area contributed by atoms with Gasteiger partial charge >= 0.3 is 0 Å². The van der Waals surface area contributed by atoms with Crippen LogP contribution in [0.3, 0.4) is 0 Å². The molecule has 1 aromatic rings. The van der Waals surface area contributed by atoms with Crippen LogP contribution >= 0.6 is 11.8 Å². The van der Waals surface area contributed by atoms with Gasteiger partial charge in [-0.2, -0.15) is 11.8 Å². The van der Waals surface area contributed by atoms with Crippen molar-refractivity contribution >= 4 is 17.7 Å². The SMILES string of the molecule is CSC(C)CNC(=O)C(C)(N)c1ccccc1. The monoisotopic (exact) mass is 252 g/mol. The molecule has 0 radical (unpaired) electrons. The highest BCUT2D eigenvalue weighted by Crippen LogP contribution is 2.17. The molecule has 2 atom stereocenters. The average Bonchev–Trinajstić information content (AvgIpc) is 2.36. The first-order valence-electron chi connectivity index (χ1n) is 5.64. The van der Waals surface area contributed by atoms with Gasteiger partial charge in [-0.1, -0.05) is 37.3 Å². The zero-order valence-electron chi connectivity index (χ0n) is 10.6. The van der Waals surface area contributed by atoms with Crippen LogP contribution in [0, 0.1) is 0 Å². The first-order valence-corrected chi connectivity index (χ1v) is 6.92. The van der Waals surface area contributed by atoms with Gasteiger partial charge in [0, 0.05) is 11.8 Å². The van der Waals surface area contributed by atoms with E-state index >= 15 is 0 Å². The summed E-state index contributed by atoms with van der Waals surface area (Å²) in [6, 6.07) is 9.43. The Kier molecular flexibility index (Phi) is 5.02. The molecule has 0 aliphatic rings. The Bertz CT molecular complexity index is 365. The molecule has 3 nitrogen and oxygen atoms in total. The van der Waals surface area contributed by atoms with Crippen molar-refractivity contribution in [2.24, 2.45) is 5.73 Å². The standard InChI is InChI=1S/C13H20N2OS/c1-10(17-3)9-15-12(16)13(2,14)11-7-5-4-6-8-11/h4-8,10H,9,14H2,1-3H3,(H,15,16). The van der Waals surface area contributed by atoms with Gasteiger partial charge in [-0.3, -0.25) is 4.79 Å². The molecule has 1 aromatic carbocycles. The van der Waals surface area contributed by atoms with Gasteiger partial charge in [0.1, 0.15) is 5.54 Å². The number of thioether (sulfide) groups is 1. The van der Waals surface area contributed by atoms with Crippen LogP contribution < -0.4 is 11.1 Å². The van der Waals surface area contributed by atoms with E-state index in [0.29, 0.717) is 11.8 Å². The lowest BCUT2D eigenvalue weighted by molar-refractivity contribution is -0.126. The summed E-state index contributed by atoms with van der Waals surface area (Å²) in [5.74, 6) is -0.135. The largest absolute Gasteiger partial charge is 0.353 e. The van der Waals surface area contributed by atoms with Gasteiger partial charge < -0.3 is 11.1 Å². The molecule has 1 rings (SSSR count). The Morgan fingerprint density at radius 3 is 2.59 bits per heavy atom. The van der Waals surface area contributed by atoms with E-state index in [1.807, 2.05) is 36.6 Å². The van der Waals surface area contributed by atoms with E-state index in [1.54, 1.807) is 18.7 Å². The fourth-order valence-electron chi connectivity index (χ4n) is 1.42. The molecule has 0 saturated carbocycles. The minimum Gasteiger partial charge on any atom is -0.353 e. The zero-order chi connectivity index (χ0) is 12.9. The molecule has 0 spiro atoms. The molecular formula is C13H20N2OS. The van der Waals surface area contributed by atoms with Crippen molar-refractivity contribution in [3.8, 4) is 0 Å². The zero-order valence-corrected chi connectivity index (χ0v) is 11.4. The number of carbonyl (C=O) groups is 1. The molecule has 3 N–H and O–H groups in total. The first-order chi connectivity index (χ1) is 7.98. The summed E-state index contributed by atoms with van der Waals surface area (Å²) in [6.07, 6.45) is 2.02. The number of hydrogen-bond donors (Lipinski definition) is 2. The van der Waals surface area contributed by atoms with E-state index in [9.17, 15) is 4.79 Å². The number of amides is 1. The fourth-order valence-corrected chi connectivity index (χ4v) is 1.67. The summed E-state index contributed by atoms with van der Waals surface area (Å²) in [5, 5.41) is 3.28. The molecule has 0 bridgehead atoms. The highest BCUT2D eigenvalue weighted by Gasteiger charge is 2.30. The van der Waals surface area contributed by atoms with Crippen LogP contribution in [0.15, 0.2) is 30.3 Å². The van der Waals surface area contributed by atoms with Crippen molar-refractivity contribution in [1.29, 1.82) is 0 Å². The second-order valence-electron chi connectivity index (χ2n) is 4.32. The summed E-state index contributed by atoms with van der Waals surface area (Å²) in [5.41, 5.74) is 5.95. The number of rotatable bonds is 5. The number of carbonyl (C=O) groups excluding carboxylic acids is 1. The summed E-state index contributed by atoms with van der Waals surface area (Å²) >= 11 is 1.72. The Balaban J connectivity index is 2.67. The third-order valence-corrected chi connectivity index (χ3v) is 3.77. The first kappa shape index (κ1) is 14.1. The maximum Gasteiger partial charge on any atom is 0.244 e. The smallest absolute Gasteiger partial charge is 0.244 e. The highest BCUT2D eigenvalue weighted by atomic mass is 32.2. The van der Waals surface area contributed by atoms with Crippen LogP contribution in [-0.4, -0.2) is 24.0 Å². The van der Waals surface area contributed by atoms with E-state index < -0.39 is 5.54 Å². The van der Waals surface area contributed by atoms with Gasteiger partial charge in [-0.25, -0.2) is 0 Å². The van der Waals surface area contributed by atoms with Crippen LogP contribution in [0.2, 0.25) is 0 Å². The topological polar surface area (TPSA) is 55.1 Å². The van der Waals surface area contributed by atoms with Gasteiger partial charge in [0.25, 0.3) is 0 Å². The van der Waals surface area contributed by atoms with Crippen LogP contribution in [0.25, 0.3) is 0 Å². The molecule has 0 aliphatic carbocycles. The van der Waals surface area contributed by atoms with E-state index in [0.717, 1.165) is 5.56 Å². The third kappa shape index (κ3) is 3.75. The summed E-state index contributed by atoms with van der Waals surface area (Å²) in [6.45, 7) is 4.45. The molecule has 2 unspecified atom stereocenters. The van der Waals surface area contributed by atoms with Gasteiger partial charge in [0.2, 0.25) is 5.91 Å². The van der Waals surface area contributed by atoms with E-state index in [1.165, 1.54) is 0 Å². The van der Waals surface area contributed by atoms with Gasteiger partial charge in [0.15, 0.2) is 0 Å². The predicted molar refractivity (Wildman–Crippen MR) is 74.0 cm³/mol. The van der Waals surface area contributed by atoms with Crippen molar-refractivity contribution in [3.05, 3.63) is 35.9 Å². The molecule has 17 heavy (non-hydrogen) atoms. The molecule has 4 heteroatoms. The quantitative estimate of drug-likeness (QED) is 0.839. The maximum atomic E-state index is 12.0. The molecule has 1 amide bonds. The Morgan fingerprint density at radius 1 is 1.47 bits per heavy atom. The van der Waals surface area contributed by atoms with Crippen LogP contribution in [-0.2, 0) is 10.3 Å². The maximum absolute atomic E-state index is 12.0. The summed E-state index contributed by atoms with van der Waals surface area (Å²) in [4.78, 5) is 12.0. The summed E-state index contributed by atoms with van der Waals surface area (Å²) < 4.78 is 0. The Morgan fingerprint density at radius 2 is 2.06 bits per heavy atom. The highest BCUT2D eigenvalue weighted by molar-refractivity contribution is 7.99. The second-order valence-corrected chi connectivity index (χ2v) is 5.60. The average molecular weight is 252 g/mol. The van der Waals surface area contributed by atoms with Crippen molar-refractivity contribution in [2.45, 2.75) is 24.6 Å². The molecule has 0 heterocycles. The molecular weight excluding hydrogens is 232 g/mol. The van der Waals surface area contributed by atoms with Crippen molar-refractivity contribution in [2.75, 3.05) is 12.8 Å². The molecule has 0 saturated heterocycles. The lowest BCUT2D eigenvalue weighted by atomic mass is 9.92. The summed E-state index contributed by atoms with van der Waals surface area (Å²) in [7, 11) is 0. The third-order valence-electron chi connectivity index (χ3n) is 2.80. The van der Waals surface area contributed by atoms with E-state index in [-0.39, 0.29) is 5.91 Å². The van der Waals surface area contributed by atoms with Crippen molar-refractivity contribution < 1.29 is 4.79 Å². The predicted octanol–water partition coefficient (Wildman–Crippen LogP) is 1.73. The lowest BCUT2D eigenvalue weighted by Gasteiger charge is -2.24. The Hall–Kier alpha value is -1.00. The number of nitrogens with one attached hydrogen (secondary N) is 1. The Labute approximate surface area is 107 Å². The normalized spacial score (nSPS) is 16.0.